The molecule has 0 spiro atoms. The first-order chi connectivity index (χ1) is 12.2. The average Bonchev–Trinajstić information content (AvgIpc) is 2.67. The van der Waals surface area contributed by atoms with Crippen LogP contribution in [0, 0.1) is 5.92 Å². The molecule has 132 valence electrons. The quantitative estimate of drug-likeness (QED) is 0.753. The number of aliphatic hydroxyl groups is 1. The van der Waals surface area contributed by atoms with E-state index in [1.165, 1.54) is 5.69 Å². The molecule has 3 N–H and O–H groups in total. The molecule has 0 saturated carbocycles. The van der Waals surface area contributed by atoms with Crippen LogP contribution >= 0.6 is 0 Å². The van der Waals surface area contributed by atoms with E-state index in [1.807, 2.05) is 24.3 Å². The van der Waals surface area contributed by atoms with Crippen LogP contribution in [-0.4, -0.2) is 35.9 Å². The third-order valence-electron chi connectivity index (χ3n) is 4.80. The summed E-state index contributed by atoms with van der Waals surface area (Å²) in [6, 6.07) is 15.2. The van der Waals surface area contributed by atoms with Gasteiger partial charge in [0.25, 0.3) is 0 Å². The van der Waals surface area contributed by atoms with E-state index in [0.717, 1.165) is 37.2 Å². The Morgan fingerprint density at radius 1 is 1.08 bits per heavy atom. The molecule has 25 heavy (non-hydrogen) atoms. The Morgan fingerprint density at radius 3 is 2.40 bits per heavy atom. The van der Waals surface area contributed by atoms with E-state index in [2.05, 4.69) is 22.3 Å². The number of nitrogens with zero attached hydrogens (tertiary/aromatic N) is 1. The fraction of sp³-hybridized carbons (Fsp3) is 0.350. The number of carbonyl (C=O) groups is 1. The molecule has 0 unspecified atom stereocenters. The van der Waals surface area contributed by atoms with E-state index in [-0.39, 0.29) is 6.61 Å². The summed E-state index contributed by atoms with van der Waals surface area (Å²) in [6.45, 7) is 2.83. The zero-order valence-electron chi connectivity index (χ0n) is 14.2. The van der Waals surface area contributed by atoms with Crippen LogP contribution in [0.2, 0.25) is 0 Å². The molecule has 1 aliphatic rings. The Labute approximate surface area is 147 Å². The fourth-order valence-corrected chi connectivity index (χ4v) is 3.22. The first-order valence-corrected chi connectivity index (χ1v) is 8.68. The molecule has 1 saturated heterocycles. The second kappa shape index (κ2) is 8.03. The van der Waals surface area contributed by atoms with Gasteiger partial charge >= 0.3 is 5.97 Å². The van der Waals surface area contributed by atoms with Crippen molar-refractivity contribution in [1.29, 1.82) is 0 Å². The van der Waals surface area contributed by atoms with Crippen molar-refractivity contribution in [3.8, 4) is 0 Å². The predicted molar refractivity (Wildman–Crippen MR) is 99.2 cm³/mol. The highest BCUT2D eigenvalue weighted by molar-refractivity contribution is 5.87. The number of para-hydroxylation sites is 2. The highest BCUT2D eigenvalue weighted by atomic mass is 16.4. The van der Waals surface area contributed by atoms with Crippen molar-refractivity contribution in [1.82, 2.24) is 0 Å². The average molecular weight is 340 g/mol. The molecule has 5 heteroatoms. The number of benzene rings is 2. The maximum absolute atomic E-state index is 10.9. The standard InChI is InChI=1S/C20H24N2O3/c23-14-16-9-11-22(12-10-16)19-4-2-1-3-18(19)21-13-15-5-7-17(8-6-15)20(24)25/h1-8,16,21,23H,9-14H2,(H,24,25). The van der Waals surface area contributed by atoms with Crippen LogP contribution in [0.3, 0.4) is 0 Å². The van der Waals surface area contributed by atoms with Gasteiger partial charge in [-0.15, -0.1) is 0 Å². The summed E-state index contributed by atoms with van der Waals surface area (Å²) >= 11 is 0. The molecule has 2 aromatic carbocycles. The van der Waals surface area contributed by atoms with Gasteiger partial charge in [-0.2, -0.15) is 0 Å². The maximum atomic E-state index is 10.9. The van der Waals surface area contributed by atoms with E-state index < -0.39 is 5.97 Å². The molecule has 1 fully saturated rings. The Kier molecular flexibility index (Phi) is 5.56. The molecule has 2 aromatic rings. The number of anilines is 2. The second-order valence-corrected chi connectivity index (χ2v) is 6.49. The van der Waals surface area contributed by atoms with Crippen LogP contribution in [0.15, 0.2) is 48.5 Å². The number of aliphatic hydroxyl groups excluding tert-OH is 1. The van der Waals surface area contributed by atoms with Crippen LogP contribution in [-0.2, 0) is 6.54 Å². The summed E-state index contributed by atoms with van der Waals surface area (Å²) in [5.74, 6) is -0.486. The molecule has 0 aliphatic carbocycles. The highest BCUT2D eigenvalue weighted by Crippen LogP contribution is 2.30. The normalized spacial score (nSPS) is 15.2. The minimum Gasteiger partial charge on any atom is -0.478 e. The van der Waals surface area contributed by atoms with Crippen molar-refractivity contribution in [2.24, 2.45) is 5.92 Å². The monoisotopic (exact) mass is 340 g/mol. The number of carboxylic acid groups (broad SMARTS) is 1. The van der Waals surface area contributed by atoms with Crippen molar-refractivity contribution in [3.63, 3.8) is 0 Å². The molecular weight excluding hydrogens is 316 g/mol. The van der Waals surface area contributed by atoms with Gasteiger partial charge in [-0.1, -0.05) is 24.3 Å². The molecule has 0 radical (unpaired) electrons. The molecule has 1 heterocycles. The molecule has 0 bridgehead atoms. The molecule has 3 rings (SSSR count). The van der Waals surface area contributed by atoms with Crippen molar-refractivity contribution < 1.29 is 15.0 Å². The van der Waals surface area contributed by atoms with Crippen LogP contribution in [0.4, 0.5) is 11.4 Å². The highest BCUT2D eigenvalue weighted by Gasteiger charge is 2.20. The molecule has 0 amide bonds. The van der Waals surface area contributed by atoms with Gasteiger partial charge in [0.05, 0.1) is 16.9 Å². The summed E-state index contributed by atoms with van der Waals surface area (Å²) in [4.78, 5) is 13.3. The van der Waals surface area contributed by atoms with Gasteiger partial charge in [-0.3, -0.25) is 0 Å². The minimum atomic E-state index is -0.906. The van der Waals surface area contributed by atoms with E-state index in [4.69, 9.17) is 5.11 Å². The van der Waals surface area contributed by atoms with Gasteiger partial charge in [-0.25, -0.2) is 4.79 Å². The summed E-state index contributed by atoms with van der Waals surface area (Å²) in [5.41, 5.74) is 3.60. The lowest BCUT2D eigenvalue weighted by atomic mass is 9.97. The molecule has 0 atom stereocenters. The zero-order valence-corrected chi connectivity index (χ0v) is 14.2. The molecule has 5 nitrogen and oxygen atoms in total. The lowest BCUT2D eigenvalue weighted by molar-refractivity contribution is 0.0697. The maximum Gasteiger partial charge on any atom is 0.335 e. The van der Waals surface area contributed by atoms with Gasteiger partial charge in [-0.05, 0) is 48.6 Å². The predicted octanol–water partition coefficient (Wildman–Crippen LogP) is 3.21. The number of hydrogen-bond acceptors (Lipinski definition) is 4. The number of nitrogens with one attached hydrogen (secondary N) is 1. The van der Waals surface area contributed by atoms with Crippen molar-refractivity contribution in [2.75, 3.05) is 29.9 Å². The Bertz CT molecular complexity index is 707. The van der Waals surface area contributed by atoms with Gasteiger partial charge < -0.3 is 20.4 Å². The lowest BCUT2D eigenvalue weighted by Gasteiger charge is -2.34. The van der Waals surface area contributed by atoms with Crippen molar-refractivity contribution >= 4 is 17.3 Å². The third-order valence-corrected chi connectivity index (χ3v) is 4.80. The number of piperidine rings is 1. The first kappa shape index (κ1) is 17.3. The van der Waals surface area contributed by atoms with Gasteiger partial charge in [0.15, 0.2) is 0 Å². The second-order valence-electron chi connectivity index (χ2n) is 6.49. The van der Waals surface area contributed by atoms with E-state index in [0.29, 0.717) is 18.0 Å². The lowest BCUT2D eigenvalue weighted by Crippen LogP contribution is -2.35. The summed E-state index contributed by atoms with van der Waals surface area (Å²) < 4.78 is 0. The SMILES string of the molecule is O=C(O)c1ccc(CNc2ccccc2N2CCC(CO)CC2)cc1. The summed E-state index contributed by atoms with van der Waals surface area (Å²) in [6.07, 6.45) is 2.03. The summed E-state index contributed by atoms with van der Waals surface area (Å²) in [7, 11) is 0. The Morgan fingerprint density at radius 2 is 1.76 bits per heavy atom. The van der Waals surface area contributed by atoms with Crippen molar-refractivity contribution in [3.05, 3.63) is 59.7 Å². The van der Waals surface area contributed by atoms with Crippen LogP contribution in [0.25, 0.3) is 0 Å². The number of hydrogen-bond donors (Lipinski definition) is 3. The number of rotatable bonds is 6. The van der Waals surface area contributed by atoms with Crippen LogP contribution in [0.1, 0.15) is 28.8 Å². The topological polar surface area (TPSA) is 72.8 Å². The smallest absolute Gasteiger partial charge is 0.335 e. The van der Waals surface area contributed by atoms with E-state index >= 15 is 0 Å². The molecule has 0 aromatic heterocycles. The Hall–Kier alpha value is -2.53. The largest absolute Gasteiger partial charge is 0.478 e. The summed E-state index contributed by atoms with van der Waals surface area (Å²) in [5, 5.41) is 21.7. The van der Waals surface area contributed by atoms with E-state index in [9.17, 15) is 9.90 Å². The number of carboxylic acids is 1. The number of aromatic carboxylic acids is 1. The Balaban J connectivity index is 1.66. The molecule has 1 aliphatic heterocycles. The van der Waals surface area contributed by atoms with Crippen molar-refractivity contribution in [2.45, 2.75) is 19.4 Å². The fourth-order valence-electron chi connectivity index (χ4n) is 3.22. The van der Waals surface area contributed by atoms with E-state index in [1.54, 1.807) is 12.1 Å². The van der Waals surface area contributed by atoms with Crippen LogP contribution in [0.5, 0.6) is 0 Å². The molecular formula is C20H24N2O3. The zero-order chi connectivity index (χ0) is 17.6. The third kappa shape index (κ3) is 4.31. The minimum absolute atomic E-state index is 0.278. The van der Waals surface area contributed by atoms with Gasteiger partial charge in [0.1, 0.15) is 0 Å². The van der Waals surface area contributed by atoms with Gasteiger partial charge in [0, 0.05) is 26.2 Å². The van der Waals surface area contributed by atoms with Gasteiger partial charge in [0.2, 0.25) is 0 Å². The van der Waals surface area contributed by atoms with Crippen LogP contribution < -0.4 is 10.2 Å². The first-order valence-electron chi connectivity index (χ1n) is 8.68.